The van der Waals surface area contributed by atoms with E-state index in [1.165, 1.54) is 12.8 Å². The van der Waals surface area contributed by atoms with Crippen LogP contribution in [0.5, 0.6) is 0 Å². The van der Waals surface area contributed by atoms with Crippen LogP contribution in [0.1, 0.15) is 40.0 Å². The van der Waals surface area contributed by atoms with Crippen molar-refractivity contribution in [2.75, 3.05) is 13.1 Å². The first-order valence-electron chi connectivity index (χ1n) is 5.76. The van der Waals surface area contributed by atoms with Gasteiger partial charge in [0.1, 0.15) is 0 Å². The molecule has 0 unspecified atom stereocenters. The number of hydrazine groups is 1. The molecule has 15 heavy (non-hydrogen) atoms. The third-order valence-corrected chi connectivity index (χ3v) is 2.92. The Bertz CT molecular complexity index is 224. The lowest BCUT2D eigenvalue weighted by Crippen LogP contribution is -2.48. The molecular formula is C11H23N3O. The molecule has 0 aromatic rings. The van der Waals surface area contributed by atoms with E-state index in [0.29, 0.717) is 6.04 Å². The van der Waals surface area contributed by atoms with E-state index in [1.54, 1.807) is 0 Å². The van der Waals surface area contributed by atoms with Gasteiger partial charge in [0.05, 0.1) is 5.41 Å². The van der Waals surface area contributed by atoms with Crippen LogP contribution < -0.4 is 11.3 Å². The summed E-state index contributed by atoms with van der Waals surface area (Å²) in [5.41, 5.74) is 1.85. The van der Waals surface area contributed by atoms with E-state index in [0.717, 1.165) is 19.5 Å². The van der Waals surface area contributed by atoms with E-state index in [4.69, 9.17) is 5.84 Å². The molecule has 1 saturated carbocycles. The molecule has 88 valence electrons. The Balaban J connectivity index is 2.51. The predicted octanol–water partition coefficient (Wildman–Crippen LogP) is 0.877. The lowest BCUT2D eigenvalue weighted by atomic mass is 9.91. The minimum atomic E-state index is -0.396. The number of carbonyl (C=O) groups is 1. The topological polar surface area (TPSA) is 58.4 Å². The summed E-state index contributed by atoms with van der Waals surface area (Å²) in [6, 6.07) is 0.704. The zero-order chi connectivity index (χ0) is 11.5. The Kier molecular flexibility index (Phi) is 4.11. The van der Waals surface area contributed by atoms with Crippen LogP contribution in [-0.2, 0) is 4.79 Å². The van der Waals surface area contributed by atoms with Gasteiger partial charge >= 0.3 is 0 Å². The average molecular weight is 213 g/mol. The monoisotopic (exact) mass is 213 g/mol. The first-order chi connectivity index (χ1) is 7.01. The highest BCUT2D eigenvalue weighted by Gasteiger charge is 2.35. The van der Waals surface area contributed by atoms with Crippen molar-refractivity contribution in [1.82, 2.24) is 10.3 Å². The second-order valence-electron chi connectivity index (χ2n) is 5.06. The van der Waals surface area contributed by atoms with Crippen LogP contribution in [0.15, 0.2) is 0 Å². The minimum Gasteiger partial charge on any atom is -0.299 e. The third kappa shape index (κ3) is 3.47. The van der Waals surface area contributed by atoms with E-state index in [2.05, 4.69) is 17.2 Å². The molecule has 0 bridgehead atoms. The number of hydrogen-bond acceptors (Lipinski definition) is 3. The molecule has 0 aromatic heterocycles. The molecule has 0 saturated heterocycles. The smallest absolute Gasteiger partial charge is 0.240 e. The van der Waals surface area contributed by atoms with E-state index >= 15 is 0 Å². The Hall–Kier alpha value is -0.610. The predicted molar refractivity (Wildman–Crippen MR) is 61.0 cm³/mol. The fourth-order valence-electron chi connectivity index (χ4n) is 1.89. The van der Waals surface area contributed by atoms with Crippen LogP contribution in [0.3, 0.4) is 0 Å². The van der Waals surface area contributed by atoms with Crippen molar-refractivity contribution >= 4 is 5.91 Å². The molecule has 4 heteroatoms. The van der Waals surface area contributed by atoms with Gasteiger partial charge in [-0.15, -0.1) is 0 Å². The quantitative estimate of drug-likeness (QED) is 0.391. The molecule has 1 rings (SSSR count). The average Bonchev–Trinajstić information content (AvgIpc) is 2.98. The number of amides is 1. The summed E-state index contributed by atoms with van der Waals surface area (Å²) < 4.78 is 0. The number of nitrogens with one attached hydrogen (secondary N) is 1. The lowest BCUT2D eigenvalue weighted by Gasteiger charge is -2.31. The van der Waals surface area contributed by atoms with Crippen molar-refractivity contribution < 1.29 is 4.79 Å². The zero-order valence-corrected chi connectivity index (χ0v) is 10.0. The molecular weight excluding hydrogens is 190 g/mol. The van der Waals surface area contributed by atoms with Crippen molar-refractivity contribution in [1.29, 1.82) is 0 Å². The Labute approximate surface area is 92.2 Å². The Morgan fingerprint density at radius 1 is 1.53 bits per heavy atom. The fraction of sp³-hybridized carbons (Fsp3) is 0.909. The van der Waals surface area contributed by atoms with Crippen molar-refractivity contribution in [2.45, 2.75) is 46.1 Å². The van der Waals surface area contributed by atoms with E-state index in [1.807, 2.05) is 13.8 Å². The molecule has 0 aliphatic heterocycles. The molecule has 1 fully saturated rings. The molecule has 4 nitrogen and oxygen atoms in total. The summed E-state index contributed by atoms with van der Waals surface area (Å²) in [5.74, 6) is 5.10. The van der Waals surface area contributed by atoms with Crippen molar-refractivity contribution in [3.63, 3.8) is 0 Å². The Morgan fingerprint density at radius 3 is 2.53 bits per heavy atom. The van der Waals surface area contributed by atoms with Gasteiger partial charge in [0, 0.05) is 12.6 Å². The SMILES string of the molecule is CCCN(CC(C)(C)C(=O)NN)C1CC1. The summed E-state index contributed by atoms with van der Waals surface area (Å²) in [4.78, 5) is 14.0. The zero-order valence-electron chi connectivity index (χ0n) is 10.0. The fourth-order valence-corrected chi connectivity index (χ4v) is 1.89. The van der Waals surface area contributed by atoms with Crippen molar-refractivity contribution in [3.05, 3.63) is 0 Å². The summed E-state index contributed by atoms with van der Waals surface area (Å²) in [5, 5.41) is 0. The normalized spacial score (nSPS) is 16.9. The standard InChI is InChI=1S/C11H23N3O/c1-4-7-14(9-5-6-9)8-11(2,3)10(15)13-12/h9H,4-8,12H2,1-3H3,(H,13,15). The molecule has 0 aromatic carbocycles. The van der Waals surface area contributed by atoms with E-state index in [-0.39, 0.29) is 5.91 Å². The summed E-state index contributed by atoms with van der Waals surface area (Å²) in [7, 11) is 0. The number of hydrogen-bond donors (Lipinski definition) is 2. The van der Waals surface area contributed by atoms with Gasteiger partial charge in [0.15, 0.2) is 0 Å². The maximum absolute atomic E-state index is 11.6. The van der Waals surface area contributed by atoms with Gasteiger partial charge in [-0.2, -0.15) is 0 Å². The molecule has 0 atom stereocenters. The molecule has 3 N–H and O–H groups in total. The first-order valence-corrected chi connectivity index (χ1v) is 5.76. The number of carbonyl (C=O) groups excluding carboxylic acids is 1. The highest BCUT2D eigenvalue weighted by Crippen LogP contribution is 2.30. The van der Waals surface area contributed by atoms with Gasteiger partial charge in [0.2, 0.25) is 5.91 Å². The minimum absolute atomic E-state index is 0.0794. The van der Waals surface area contributed by atoms with Crippen molar-refractivity contribution in [3.8, 4) is 0 Å². The van der Waals surface area contributed by atoms with Crippen LogP contribution in [0.2, 0.25) is 0 Å². The van der Waals surface area contributed by atoms with E-state index in [9.17, 15) is 4.79 Å². The molecule has 1 amide bonds. The number of rotatable bonds is 6. The maximum atomic E-state index is 11.6. The molecule has 0 spiro atoms. The number of nitrogens with two attached hydrogens (primary N) is 1. The van der Waals surface area contributed by atoms with Gasteiger partial charge in [-0.1, -0.05) is 6.92 Å². The van der Waals surface area contributed by atoms with Gasteiger partial charge in [0.25, 0.3) is 0 Å². The summed E-state index contributed by atoms with van der Waals surface area (Å²) in [6.45, 7) is 7.94. The highest BCUT2D eigenvalue weighted by atomic mass is 16.2. The highest BCUT2D eigenvalue weighted by molar-refractivity contribution is 5.81. The lowest BCUT2D eigenvalue weighted by molar-refractivity contribution is -0.130. The largest absolute Gasteiger partial charge is 0.299 e. The molecule has 1 aliphatic carbocycles. The maximum Gasteiger partial charge on any atom is 0.240 e. The summed E-state index contributed by atoms with van der Waals surface area (Å²) in [6.07, 6.45) is 3.69. The Morgan fingerprint density at radius 2 is 2.13 bits per heavy atom. The first kappa shape index (κ1) is 12.5. The van der Waals surface area contributed by atoms with Gasteiger partial charge in [-0.05, 0) is 39.7 Å². The second kappa shape index (κ2) is 4.94. The summed E-state index contributed by atoms with van der Waals surface area (Å²) >= 11 is 0. The van der Waals surface area contributed by atoms with E-state index < -0.39 is 5.41 Å². The van der Waals surface area contributed by atoms with Gasteiger partial charge in [-0.25, -0.2) is 5.84 Å². The van der Waals surface area contributed by atoms with Crippen molar-refractivity contribution in [2.24, 2.45) is 11.3 Å². The molecule has 0 radical (unpaired) electrons. The molecule has 0 heterocycles. The van der Waals surface area contributed by atoms with Crippen LogP contribution >= 0.6 is 0 Å². The van der Waals surface area contributed by atoms with Crippen LogP contribution in [0.25, 0.3) is 0 Å². The molecule has 1 aliphatic rings. The number of nitrogens with zero attached hydrogens (tertiary/aromatic N) is 1. The third-order valence-electron chi connectivity index (χ3n) is 2.92. The van der Waals surface area contributed by atoms with Crippen LogP contribution in [0, 0.1) is 5.41 Å². The van der Waals surface area contributed by atoms with Gasteiger partial charge < -0.3 is 0 Å². The van der Waals surface area contributed by atoms with Crippen LogP contribution in [-0.4, -0.2) is 29.9 Å². The van der Waals surface area contributed by atoms with Crippen LogP contribution in [0.4, 0.5) is 0 Å². The van der Waals surface area contributed by atoms with Gasteiger partial charge in [-0.3, -0.25) is 15.1 Å². The second-order valence-corrected chi connectivity index (χ2v) is 5.06.